The van der Waals surface area contributed by atoms with Crippen molar-refractivity contribution in [3.8, 4) is 0 Å². The number of ether oxygens (including phenoxy) is 1. The van der Waals surface area contributed by atoms with Gasteiger partial charge in [0.1, 0.15) is 0 Å². The van der Waals surface area contributed by atoms with Gasteiger partial charge in [0, 0.05) is 7.11 Å². The molecule has 2 nitrogen and oxygen atoms in total. The van der Waals surface area contributed by atoms with Gasteiger partial charge in [-0.1, -0.05) is 36.8 Å². The van der Waals surface area contributed by atoms with Gasteiger partial charge in [-0.05, 0) is 32.9 Å². The van der Waals surface area contributed by atoms with Crippen LogP contribution in [0.25, 0.3) is 0 Å². The number of hydrogen-bond donors (Lipinski definition) is 1. The largest absolute Gasteiger partial charge is 0.377 e. The molecular weight excluding hydrogens is 198 g/mol. The molecule has 0 radical (unpaired) electrons. The molecule has 2 unspecified atom stereocenters. The minimum absolute atomic E-state index is 0.163. The number of nitrogens with one attached hydrogen (secondary N) is 1. The number of rotatable bonds is 5. The van der Waals surface area contributed by atoms with E-state index in [4.69, 9.17) is 4.74 Å². The summed E-state index contributed by atoms with van der Waals surface area (Å²) in [5, 5.41) is 3.36. The molecular formula is C14H23NO. The minimum Gasteiger partial charge on any atom is -0.377 e. The van der Waals surface area contributed by atoms with Crippen LogP contribution in [0.3, 0.4) is 0 Å². The van der Waals surface area contributed by atoms with Crippen LogP contribution >= 0.6 is 0 Å². The molecule has 1 rings (SSSR count). The normalized spacial score (nSPS) is 16.8. The van der Waals surface area contributed by atoms with Gasteiger partial charge >= 0.3 is 0 Å². The molecule has 0 saturated carbocycles. The maximum absolute atomic E-state index is 5.66. The summed E-state index contributed by atoms with van der Waals surface area (Å²) in [6.45, 7) is 6.41. The fourth-order valence-corrected chi connectivity index (χ4v) is 2.05. The molecule has 0 spiro atoms. The lowest BCUT2D eigenvalue weighted by Gasteiger charge is -2.36. The molecule has 16 heavy (non-hydrogen) atoms. The Balaban J connectivity index is 3.02. The van der Waals surface area contributed by atoms with Crippen LogP contribution in [0.1, 0.15) is 37.4 Å². The summed E-state index contributed by atoms with van der Waals surface area (Å²) in [4.78, 5) is 0. The van der Waals surface area contributed by atoms with E-state index >= 15 is 0 Å². The Hall–Kier alpha value is -0.860. The summed E-state index contributed by atoms with van der Waals surface area (Å²) >= 11 is 0. The molecule has 1 aromatic carbocycles. The molecule has 0 heterocycles. The lowest BCUT2D eigenvalue weighted by Crippen LogP contribution is -2.41. The topological polar surface area (TPSA) is 21.3 Å². The second kappa shape index (κ2) is 5.46. The first-order valence-corrected chi connectivity index (χ1v) is 5.86. The summed E-state index contributed by atoms with van der Waals surface area (Å²) in [5.74, 6) is 0. The highest BCUT2D eigenvalue weighted by Crippen LogP contribution is 2.31. The Kier molecular flexibility index (Phi) is 4.51. The molecule has 2 heteroatoms. The molecule has 1 aromatic rings. The fraction of sp³-hybridized carbons (Fsp3) is 0.571. The highest BCUT2D eigenvalue weighted by Gasteiger charge is 2.32. The van der Waals surface area contributed by atoms with Crippen LogP contribution in [0, 0.1) is 6.92 Å². The number of aryl methyl sites for hydroxylation is 1. The molecule has 0 aromatic heterocycles. The van der Waals surface area contributed by atoms with Crippen molar-refractivity contribution in [1.82, 2.24) is 5.32 Å². The standard InChI is InChI=1S/C14H23NO/c1-6-14(3,16-5)13(15-4)12-9-7-11(2)8-10-12/h7-10,13,15H,6H2,1-5H3. The minimum atomic E-state index is -0.163. The molecule has 0 bridgehead atoms. The van der Waals surface area contributed by atoms with Crippen LogP contribution in [0.2, 0.25) is 0 Å². The first-order valence-electron chi connectivity index (χ1n) is 5.86. The van der Waals surface area contributed by atoms with Crippen LogP contribution < -0.4 is 5.32 Å². The highest BCUT2D eigenvalue weighted by molar-refractivity contribution is 5.26. The second-order valence-electron chi connectivity index (χ2n) is 4.50. The lowest BCUT2D eigenvalue weighted by molar-refractivity contribution is -0.0280. The van der Waals surface area contributed by atoms with E-state index in [0.717, 1.165) is 6.42 Å². The van der Waals surface area contributed by atoms with Gasteiger partial charge in [-0.2, -0.15) is 0 Å². The summed E-state index contributed by atoms with van der Waals surface area (Å²) in [5.41, 5.74) is 2.40. The zero-order chi connectivity index (χ0) is 12.2. The van der Waals surface area contributed by atoms with Gasteiger partial charge in [-0.15, -0.1) is 0 Å². The zero-order valence-corrected chi connectivity index (χ0v) is 11.0. The monoisotopic (exact) mass is 221 g/mol. The van der Waals surface area contributed by atoms with Crippen LogP contribution in [0.4, 0.5) is 0 Å². The van der Waals surface area contributed by atoms with Crippen molar-refractivity contribution in [1.29, 1.82) is 0 Å². The van der Waals surface area contributed by atoms with Gasteiger partial charge in [0.05, 0.1) is 11.6 Å². The third kappa shape index (κ3) is 2.63. The lowest BCUT2D eigenvalue weighted by atomic mass is 9.87. The number of methoxy groups -OCH3 is 1. The van der Waals surface area contributed by atoms with E-state index < -0.39 is 0 Å². The van der Waals surface area contributed by atoms with E-state index in [1.807, 2.05) is 7.05 Å². The molecule has 0 saturated heterocycles. The van der Waals surface area contributed by atoms with Gasteiger partial charge in [-0.3, -0.25) is 0 Å². The molecule has 0 aliphatic heterocycles. The van der Waals surface area contributed by atoms with Gasteiger partial charge in [0.2, 0.25) is 0 Å². The van der Waals surface area contributed by atoms with Crippen molar-refractivity contribution >= 4 is 0 Å². The van der Waals surface area contributed by atoms with Crippen molar-refractivity contribution in [2.75, 3.05) is 14.2 Å². The fourth-order valence-electron chi connectivity index (χ4n) is 2.05. The van der Waals surface area contributed by atoms with E-state index in [1.54, 1.807) is 7.11 Å². The van der Waals surface area contributed by atoms with Gasteiger partial charge in [-0.25, -0.2) is 0 Å². The predicted molar refractivity (Wildman–Crippen MR) is 68.7 cm³/mol. The third-order valence-electron chi connectivity index (χ3n) is 3.48. The van der Waals surface area contributed by atoms with Crippen molar-refractivity contribution in [2.24, 2.45) is 0 Å². The summed E-state index contributed by atoms with van der Waals surface area (Å²) in [7, 11) is 3.76. The van der Waals surface area contributed by atoms with Crippen molar-refractivity contribution in [3.63, 3.8) is 0 Å². The van der Waals surface area contributed by atoms with Crippen LogP contribution in [0.15, 0.2) is 24.3 Å². The van der Waals surface area contributed by atoms with Crippen LogP contribution in [0.5, 0.6) is 0 Å². The van der Waals surface area contributed by atoms with Crippen LogP contribution in [-0.4, -0.2) is 19.8 Å². The second-order valence-corrected chi connectivity index (χ2v) is 4.50. The smallest absolute Gasteiger partial charge is 0.0841 e. The quantitative estimate of drug-likeness (QED) is 0.825. The maximum atomic E-state index is 5.66. The highest BCUT2D eigenvalue weighted by atomic mass is 16.5. The summed E-state index contributed by atoms with van der Waals surface area (Å²) < 4.78 is 5.66. The summed E-state index contributed by atoms with van der Waals surface area (Å²) in [6, 6.07) is 8.85. The van der Waals surface area contributed by atoms with Gasteiger partial charge < -0.3 is 10.1 Å². The first-order chi connectivity index (χ1) is 7.57. The van der Waals surface area contributed by atoms with Crippen molar-refractivity contribution in [2.45, 2.75) is 38.8 Å². The molecule has 2 atom stereocenters. The number of hydrogen-bond acceptors (Lipinski definition) is 2. The Morgan fingerprint density at radius 2 is 1.88 bits per heavy atom. The average Bonchev–Trinajstić information content (AvgIpc) is 2.32. The Labute approximate surface area is 99.0 Å². The Bertz CT molecular complexity index is 314. The van der Waals surface area contributed by atoms with Gasteiger partial charge in [0.15, 0.2) is 0 Å². The van der Waals surface area contributed by atoms with E-state index in [2.05, 4.69) is 50.4 Å². The average molecular weight is 221 g/mol. The molecule has 0 aliphatic rings. The first kappa shape index (κ1) is 13.2. The van der Waals surface area contributed by atoms with Crippen LogP contribution in [-0.2, 0) is 4.74 Å². The van der Waals surface area contributed by atoms with Gasteiger partial charge in [0.25, 0.3) is 0 Å². The maximum Gasteiger partial charge on any atom is 0.0841 e. The van der Waals surface area contributed by atoms with E-state index in [1.165, 1.54) is 11.1 Å². The Morgan fingerprint density at radius 1 is 1.31 bits per heavy atom. The third-order valence-corrected chi connectivity index (χ3v) is 3.48. The SMILES string of the molecule is CCC(C)(OC)C(NC)c1ccc(C)cc1. The number of likely N-dealkylation sites (N-methyl/N-ethyl adjacent to an activating group) is 1. The zero-order valence-electron chi connectivity index (χ0n) is 11.0. The number of benzene rings is 1. The Morgan fingerprint density at radius 3 is 2.25 bits per heavy atom. The molecule has 0 aliphatic carbocycles. The predicted octanol–water partition coefficient (Wildman–Crippen LogP) is 3.07. The van der Waals surface area contributed by atoms with Crippen molar-refractivity contribution in [3.05, 3.63) is 35.4 Å². The van der Waals surface area contributed by atoms with E-state index in [0.29, 0.717) is 0 Å². The van der Waals surface area contributed by atoms with Crippen molar-refractivity contribution < 1.29 is 4.74 Å². The van der Waals surface area contributed by atoms with E-state index in [-0.39, 0.29) is 11.6 Å². The molecule has 1 N–H and O–H groups in total. The van der Waals surface area contributed by atoms with E-state index in [9.17, 15) is 0 Å². The molecule has 90 valence electrons. The molecule has 0 amide bonds. The molecule has 0 fully saturated rings. The summed E-state index contributed by atoms with van der Waals surface area (Å²) in [6.07, 6.45) is 0.975.